The number of nitrogens with one attached hydrogen (secondary N) is 1. The Kier molecular flexibility index (Phi) is 11.9. The molecule has 1 N–H and O–H groups in total. The van der Waals surface area contributed by atoms with Crippen LogP contribution < -0.4 is 5.32 Å². The van der Waals surface area contributed by atoms with Gasteiger partial charge in [-0.25, -0.2) is 9.97 Å². The number of benzene rings is 4. The van der Waals surface area contributed by atoms with Crippen LogP contribution in [0.4, 0.5) is 0 Å². The van der Waals surface area contributed by atoms with E-state index in [0.29, 0.717) is 23.7 Å². The number of nitrogens with zero attached hydrogens (tertiary/aromatic N) is 5. The van der Waals surface area contributed by atoms with E-state index >= 15 is 0 Å². The van der Waals surface area contributed by atoms with Crippen molar-refractivity contribution in [2.24, 2.45) is 11.8 Å². The Morgan fingerprint density at radius 2 is 0.966 bits per heavy atom. The van der Waals surface area contributed by atoms with Crippen LogP contribution in [0, 0.1) is 25.7 Å². The summed E-state index contributed by atoms with van der Waals surface area (Å²) in [5.41, 5.74) is 14.6. The number of aryl methyl sites for hydroxylation is 4. The molecule has 6 nitrogen and oxygen atoms in total. The van der Waals surface area contributed by atoms with Gasteiger partial charge in [-0.3, -0.25) is 0 Å². The molecule has 2 aliphatic carbocycles. The van der Waals surface area contributed by atoms with Crippen LogP contribution in [0.25, 0.3) is 23.3 Å². The predicted molar refractivity (Wildman–Crippen MR) is 244 cm³/mol. The molecule has 10 rings (SSSR count). The van der Waals surface area contributed by atoms with Crippen molar-refractivity contribution in [2.45, 2.75) is 77.3 Å². The van der Waals surface area contributed by atoms with Crippen molar-refractivity contribution < 1.29 is 0 Å². The van der Waals surface area contributed by atoms with Gasteiger partial charge in [-0.2, -0.15) is 0 Å². The van der Waals surface area contributed by atoms with Crippen LogP contribution in [0.2, 0.25) is 0 Å². The van der Waals surface area contributed by atoms with Crippen molar-refractivity contribution in [1.82, 2.24) is 29.3 Å². The van der Waals surface area contributed by atoms with Gasteiger partial charge < -0.3 is 19.4 Å². The van der Waals surface area contributed by atoms with Crippen molar-refractivity contribution in [2.75, 3.05) is 33.2 Å². The maximum Gasteiger partial charge on any atom is 0.105 e. The molecule has 2 aromatic heterocycles. The van der Waals surface area contributed by atoms with Crippen molar-refractivity contribution in [3.05, 3.63) is 178 Å². The van der Waals surface area contributed by atoms with Gasteiger partial charge in [0.25, 0.3) is 0 Å². The molecule has 0 spiro atoms. The van der Waals surface area contributed by atoms with Crippen molar-refractivity contribution in [1.29, 1.82) is 0 Å². The van der Waals surface area contributed by atoms with Gasteiger partial charge in [-0.05, 0) is 153 Å². The summed E-state index contributed by atoms with van der Waals surface area (Å²) in [4.78, 5) is 11.3. The summed E-state index contributed by atoms with van der Waals surface area (Å²) < 4.78 is 4.51. The minimum Gasteiger partial charge on any atom is -0.335 e. The molecule has 302 valence electrons. The van der Waals surface area contributed by atoms with Gasteiger partial charge in [0.15, 0.2) is 0 Å². The van der Waals surface area contributed by atoms with Gasteiger partial charge in [-0.15, -0.1) is 0 Å². The molecule has 2 aliphatic heterocycles. The van der Waals surface area contributed by atoms with Crippen molar-refractivity contribution in [3.63, 3.8) is 0 Å². The molecule has 4 heterocycles. The minimum atomic E-state index is 0.480. The number of hydrogen-bond acceptors (Lipinski definition) is 4. The predicted octanol–water partition coefficient (Wildman–Crippen LogP) is 10.9. The van der Waals surface area contributed by atoms with Crippen molar-refractivity contribution >= 4 is 23.3 Å². The van der Waals surface area contributed by atoms with Gasteiger partial charge in [0.05, 0.1) is 0 Å². The lowest BCUT2D eigenvalue weighted by Gasteiger charge is -2.35. The smallest absolute Gasteiger partial charge is 0.105 e. The summed E-state index contributed by atoms with van der Waals surface area (Å²) in [5, 5.41) is 3.55. The van der Waals surface area contributed by atoms with Crippen LogP contribution in [0.3, 0.4) is 0 Å². The molecule has 6 aromatic rings. The molecule has 2 unspecified atom stereocenters. The molecule has 0 amide bonds. The molecule has 4 aliphatic rings. The average molecular weight is 781 g/mol. The quantitative estimate of drug-likeness (QED) is 0.167. The van der Waals surface area contributed by atoms with Crippen LogP contribution in [0.1, 0.15) is 107 Å². The van der Waals surface area contributed by atoms with E-state index in [2.05, 4.69) is 172 Å². The first-order valence-corrected chi connectivity index (χ1v) is 22.1. The molecule has 2 atom stereocenters. The van der Waals surface area contributed by atoms with E-state index in [1.807, 2.05) is 12.4 Å². The maximum absolute atomic E-state index is 4.40. The highest BCUT2D eigenvalue weighted by atomic mass is 15.1. The first-order chi connectivity index (χ1) is 29.0. The number of imidazole rings is 2. The van der Waals surface area contributed by atoms with Crippen LogP contribution in [-0.2, 0) is 13.1 Å². The van der Waals surface area contributed by atoms with Gasteiger partial charge in [0.1, 0.15) is 11.6 Å². The van der Waals surface area contributed by atoms with Gasteiger partial charge in [0.2, 0.25) is 0 Å². The Bertz CT molecular complexity index is 2420. The topological polar surface area (TPSA) is 50.9 Å². The highest BCUT2D eigenvalue weighted by Crippen LogP contribution is 2.47. The fourth-order valence-electron chi connectivity index (χ4n) is 10.6. The Labute approximate surface area is 351 Å². The monoisotopic (exact) mass is 780 g/mol. The fourth-order valence-corrected chi connectivity index (χ4v) is 10.6. The first-order valence-electron chi connectivity index (χ1n) is 22.1. The SMILES string of the molecule is Cc1nccn1CCC1=Cc2ccccc2C(C2CCN(C)CC2)c2ccccc21.Cc1nccn1CCC1=Cc2ccccc2C(C2CCNCC2)c2ccccc21. The number of fused-ring (bicyclic) bond motifs is 4. The fraction of sp³-hybridized carbons (Fsp3) is 0.358. The number of piperidine rings is 2. The Hall–Kier alpha value is -5.30. The largest absolute Gasteiger partial charge is 0.335 e. The van der Waals surface area contributed by atoms with Crippen LogP contribution in [0.15, 0.2) is 122 Å². The number of aromatic nitrogens is 4. The normalized spacial score (nSPS) is 19.4. The minimum absolute atomic E-state index is 0.480. The zero-order chi connectivity index (χ0) is 40.1. The molecule has 2 saturated heterocycles. The number of rotatable bonds is 8. The Balaban J connectivity index is 0.000000152. The molecule has 0 bridgehead atoms. The van der Waals surface area contributed by atoms with E-state index in [4.69, 9.17) is 0 Å². The molecule has 4 aromatic carbocycles. The molecule has 2 fully saturated rings. The van der Waals surface area contributed by atoms with E-state index in [1.54, 1.807) is 0 Å². The Morgan fingerprint density at radius 3 is 1.42 bits per heavy atom. The Morgan fingerprint density at radius 1 is 0.542 bits per heavy atom. The molecule has 59 heavy (non-hydrogen) atoms. The lowest BCUT2D eigenvalue weighted by Crippen LogP contribution is -2.33. The second-order valence-corrected chi connectivity index (χ2v) is 17.3. The first kappa shape index (κ1) is 39.2. The number of likely N-dealkylation sites (tertiary alicyclic amines) is 1. The highest BCUT2D eigenvalue weighted by Gasteiger charge is 2.33. The van der Waals surface area contributed by atoms with E-state index in [-0.39, 0.29) is 0 Å². The zero-order valence-electron chi connectivity index (χ0n) is 35.2. The summed E-state index contributed by atoms with van der Waals surface area (Å²) >= 11 is 0. The molecule has 6 heteroatoms. The van der Waals surface area contributed by atoms with E-state index in [1.165, 1.54) is 94.4 Å². The number of hydrogen-bond donors (Lipinski definition) is 1. The molecular formula is C53H60N6. The lowest BCUT2D eigenvalue weighted by atomic mass is 9.74. The molecule has 0 saturated carbocycles. The second-order valence-electron chi connectivity index (χ2n) is 17.3. The van der Waals surface area contributed by atoms with E-state index in [0.717, 1.165) is 50.7 Å². The summed E-state index contributed by atoms with van der Waals surface area (Å²) in [6.45, 7) is 10.8. The maximum atomic E-state index is 4.40. The summed E-state index contributed by atoms with van der Waals surface area (Å²) in [6, 6.07) is 36.4. The standard InChI is InChI=1S/C27H31N3.C26H29N3/c1-20-28-14-18-30(20)17-13-23-19-22-7-3-4-9-25(22)27(21-11-15-29(2)16-12-21)26-10-6-5-8-24(23)26;1-19-28-15-17-29(19)16-12-22-18-21-6-2-3-8-24(21)26(20-10-13-27-14-11-20)25-9-5-4-7-23(22)25/h3-10,14,18-19,21,27H,11-13,15-17H2,1-2H3;2-9,15,17-18,20,26-27H,10-14,16H2,1H3. The van der Waals surface area contributed by atoms with Gasteiger partial charge in [-0.1, -0.05) is 109 Å². The molecular weight excluding hydrogens is 721 g/mol. The zero-order valence-corrected chi connectivity index (χ0v) is 35.2. The van der Waals surface area contributed by atoms with Crippen molar-refractivity contribution in [3.8, 4) is 0 Å². The average Bonchev–Trinajstić information content (AvgIpc) is 3.82. The van der Waals surface area contributed by atoms with Crippen LogP contribution in [-0.4, -0.2) is 57.2 Å². The summed E-state index contributed by atoms with van der Waals surface area (Å²) in [5.74, 6) is 4.53. The number of allylic oxidation sites excluding steroid dienone is 2. The van der Waals surface area contributed by atoms with Crippen LogP contribution >= 0.6 is 0 Å². The third-order valence-corrected chi connectivity index (χ3v) is 13.8. The van der Waals surface area contributed by atoms with Crippen LogP contribution in [0.5, 0.6) is 0 Å². The third-order valence-electron chi connectivity index (χ3n) is 13.8. The van der Waals surface area contributed by atoms with Gasteiger partial charge >= 0.3 is 0 Å². The van der Waals surface area contributed by atoms with E-state index < -0.39 is 0 Å². The van der Waals surface area contributed by atoms with E-state index in [9.17, 15) is 0 Å². The summed E-state index contributed by atoms with van der Waals surface area (Å²) in [6.07, 6.45) is 19.9. The van der Waals surface area contributed by atoms with Gasteiger partial charge in [0, 0.05) is 49.7 Å². The molecule has 0 radical (unpaired) electrons. The second kappa shape index (κ2) is 17.9. The third kappa shape index (κ3) is 8.44. The lowest BCUT2D eigenvalue weighted by molar-refractivity contribution is 0.207. The summed E-state index contributed by atoms with van der Waals surface area (Å²) in [7, 11) is 2.25. The highest BCUT2D eigenvalue weighted by molar-refractivity contribution is 5.87.